The van der Waals surface area contributed by atoms with E-state index in [9.17, 15) is 4.79 Å². The summed E-state index contributed by atoms with van der Waals surface area (Å²) in [5, 5.41) is 0.581. The number of hydrogen-bond donors (Lipinski definition) is 0. The molecule has 2 rings (SSSR count). The lowest BCUT2D eigenvalue weighted by atomic mass is 10.2. The molecule has 1 atom stereocenters. The molecule has 0 aromatic carbocycles. The molecule has 0 aliphatic carbocycles. The molecule has 1 aromatic heterocycles. The van der Waals surface area contributed by atoms with Gasteiger partial charge in [-0.2, -0.15) is 0 Å². The first-order valence-corrected chi connectivity index (χ1v) is 6.05. The van der Waals surface area contributed by atoms with Gasteiger partial charge < -0.3 is 9.64 Å². The van der Waals surface area contributed by atoms with Crippen LogP contribution < -0.4 is 0 Å². The first kappa shape index (κ1) is 12.6. The van der Waals surface area contributed by atoms with E-state index >= 15 is 0 Å². The maximum Gasteiger partial charge on any atom is 0.255 e. The molecule has 6 heteroatoms. The smallest absolute Gasteiger partial charge is 0.255 e. The first-order chi connectivity index (χ1) is 8.08. The Morgan fingerprint density at radius 1 is 1.59 bits per heavy atom. The summed E-state index contributed by atoms with van der Waals surface area (Å²) in [7, 11) is 0. The lowest BCUT2D eigenvalue weighted by Gasteiger charge is -2.31. The van der Waals surface area contributed by atoms with Crippen LogP contribution in [0.2, 0.25) is 10.2 Å². The van der Waals surface area contributed by atoms with Crippen molar-refractivity contribution < 1.29 is 9.53 Å². The van der Waals surface area contributed by atoms with E-state index in [1.165, 1.54) is 12.3 Å². The van der Waals surface area contributed by atoms with Gasteiger partial charge in [-0.25, -0.2) is 4.98 Å². The highest BCUT2D eigenvalue weighted by Gasteiger charge is 2.24. The number of aromatic nitrogens is 1. The van der Waals surface area contributed by atoms with Crippen LogP contribution in [0, 0.1) is 0 Å². The fraction of sp³-hybridized carbons (Fsp3) is 0.455. The normalized spacial score (nSPS) is 20.4. The average Bonchev–Trinajstić information content (AvgIpc) is 2.31. The van der Waals surface area contributed by atoms with Crippen LogP contribution in [0.4, 0.5) is 0 Å². The van der Waals surface area contributed by atoms with Gasteiger partial charge in [0.2, 0.25) is 0 Å². The molecule has 1 aromatic rings. The zero-order chi connectivity index (χ0) is 12.4. The molecule has 1 aliphatic heterocycles. The molecular weight excluding hydrogens is 263 g/mol. The summed E-state index contributed by atoms with van der Waals surface area (Å²) < 4.78 is 5.38. The SMILES string of the molecule is C[C@H]1CN(C(=O)c2cc(Cl)ncc2Cl)CCO1. The number of rotatable bonds is 1. The van der Waals surface area contributed by atoms with Crippen molar-refractivity contribution in [3.05, 3.63) is 28.0 Å². The average molecular weight is 275 g/mol. The third-order valence-electron chi connectivity index (χ3n) is 2.58. The van der Waals surface area contributed by atoms with Crippen molar-refractivity contribution in [2.24, 2.45) is 0 Å². The molecule has 0 saturated carbocycles. The third kappa shape index (κ3) is 2.89. The maximum absolute atomic E-state index is 12.2. The summed E-state index contributed by atoms with van der Waals surface area (Å²) in [4.78, 5) is 17.8. The second-order valence-electron chi connectivity index (χ2n) is 3.92. The number of carbonyl (C=O) groups excluding carboxylic acids is 1. The van der Waals surface area contributed by atoms with Crippen LogP contribution in [0.15, 0.2) is 12.3 Å². The Bertz CT molecular complexity index is 439. The van der Waals surface area contributed by atoms with Crippen LogP contribution in [0.3, 0.4) is 0 Å². The van der Waals surface area contributed by atoms with Crippen molar-refractivity contribution in [2.75, 3.05) is 19.7 Å². The Kier molecular flexibility index (Phi) is 3.86. The number of carbonyl (C=O) groups is 1. The van der Waals surface area contributed by atoms with E-state index in [2.05, 4.69) is 4.98 Å². The van der Waals surface area contributed by atoms with Crippen LogP contribution in [0.1, 0.15) is 17.3 Å². The Labute approximate surface area is 109 Å². The van der Waals surface area contributed by atoms with E-state index in [0.717, 1.165) is 0 Å². The van der Waals surface area contributed by atoms with Crippen LogP contribution in [0.25, 0.3) is 0 Å². The summed E-state index contributed by atoms with van der Waals surface area (Å²) in [6.07, 6.45) is 1.44. The minimum absolute atomic E-state index is 0.0452. The highest BCUT2D eigenvalue weighted by molar-refractivity contribution is 6.35. The van der Waals surface area contributed by atoms with Crippen molar-refractivity contribution >= 4 is 29.1 Å². The van der Waals surface area contributed by atoms with Gasteiger partial charge in [0.05, 0.1) is 23.3 Å². The Morgan fingerprint density at radius 2 is 2.35 bits per heavy atom. The van der Waals surface area contributed by atoms with Gasteiger partial charge in [-0.1, -0.05) is 23.2 Å². The first-order valence-electron chi connectivity index (χ1n) is 5.30. The maximum atomic E-state index is 12.2. The molecule has 0 spiro atoms. The number of amides is 1. The van der Waals surface area contributed by atoms with Gasteiger partial charge in [-0.15, -0.1) is 0 Å². The van der Waals surface area contributed by atoms with E-state index in [1.807, 2.05) is 6.92 Å². The molecule has 92 valence electrons. The third-order valence-corrected chi connectivity index (χ3v) is 3.09. The fourth-order valence-corrected chi connectivity index (χ4v) is 2.09. The summed E-state index contributed by atoms with van der Waals surface area (Å²) in [6.45, 7) is 3.61. The summed E-state index contributed by atoms with van der Waals surface area (Å²) in [5.74, 6) is -0.130. The van der Waals surface area contributed by atoms with Gasteiger partial charge in [0.1, 0.15) is 5.15 Å². The van der Waals surface area contributed by atoms with Gasteiger partial charge in [0, 0.05) is 19.3 Å². The molecule has 1 saturated heterocycles. The number of halogens is 2. The molecule has 1 aliphatic rings. The summed E-state index contributed by atoms with van der Waals surface area (Å²) in [6, 6.07) is 1.49. The molecule has 1 fully saturated rings. The predicted octanol–water partition coefficient (Wildman–Crippen LogP) is 2.25. The van der Waals surface area contributed by atoms with Gasteiger partial charge >= 0.3 is 0 Å². The van der Waals surface area contributed by atoms with Crippen molar-refractivity contribution in [3.8, 4) is 0 Å². The van der Waals surface area contributed by atoms with E-state index in [-0.39, 0.29) is 17.2 Å². The number of morpholine rings is 1. The van der Waals surface area contributed by atoms with E-state index in [4.69, 9.17) is 27.9 Å². The quantitative estimate of drug-likeness (QED) is 0.738. The number of hydrogen-bond acceptors (Lipinski definition) is 3. The minimum atomic E-state index is -0.130. The van der Waals surface area contributed by atoms with Crippen LogP contribution in [-0.2, 0) is 4.74 Å². The zero-order valence-electron chi connectivity index (χ0n) is 9.32. The Balaban J connectivity index is 2.21. The van der Waals surface area contributed by atoms with Crippen LogP contribution in [0.5, 0.6) is 0 Å². The van der Waals surface area contributed by atoms with Crippen molar-refractivity contribution in [3.63, 3.8) is 0 Å². The standard InChI is InChI=1S/C11H12Cl2N2O2/c1-7-6-15(2-3-17-7)11(16)8-4-10(13)14-5-9(8)12/h4-5,7H,2-3,6H2,1H3/t7-/m0/s1. The Hall–Kier alpha value is -0.840. The van der Waals surface area contributed by atoms with Gasteiger partial charge in [-0.05, 0) is 13.0 Å². The lowest BCUT2D eigenvalue weighted by molar-refractivity contribution is -0.0124. The second-order valence-corrected chi connectivity index (χ2v) is 4.71. The lowest BCUT2D eigenvalue weighted by Crippen LogP contribution is -2.44. The van der Waals surface area contributed by atoms with E-state index < -0.39 is 0 Å². The summed E-state index contributed by atoms with van der Waals surface area (Å²) in [5.41, 5.74) is 0.390. The zero-order valence-corrected chi connectivity index (χ0v) is 10.8. The predicted molar refractivity (Wildman–Crippen MR) is 65.6 cm³/mol. The number of ether oxygens (including phenoxy) is 1. The molecular formula is C11H12Cl2N2O2. The van der Waals surface area contributed by atoms with Gasteiger partial charge in [0.15, 0.2) is 0 Å². The Morgan fingerprint density at radius 3 is 3.06 bits per heavy atom. The fourth-order valence-electron chi connectivity index (χ4n) is 1.75. The van der Waals surface area contributed by atoms with Crippen molar-refractivity contribution in [1.29, 1.82) is 0 Å². The van der Waals surface area contributed by atoms with Crippen molar-refractivity contribution in [1.82, 2.24) is 9.88 Å². The van der Waals surface area contributed by atoms with Crippen LogP contribution in [-0.4, -0.2) is 41.6 Å². The van der Waals surface area contributed by atoms with E-state index in [1.54, 1.807) is 4.90 Å². The van der Waals surface area contributed by atoms with Gasteiger partial charge in [-0.3, -0.25) is 4.79 Å². The molecule has 0 bridgehead atoms. The molecule has 17 heavy (non-hydrogen) atoms. The molecule has 0 N–H and O–H groups in total. The van der Waals surface area contributed by atoms with Crippen LogP contribution >= 0.6 is 23.2 Å². The monoisotopic (exact) mass is 274 g/mol. The highest BCUT2D eigenvalue weighted by Crippen LogP contribution is 2.20. The van der Waals surface area contributed by atoms with Crippen molar-refractivity contribution in [2.45, 2.75) is 13.0 Å². The highest BCUT2D eigenvalue weighted by atomic mass is 35.5. The molecule has 4 nitrogen and oxygen atoms in total. The van der Waals surface area contributed by atoms with E-state index in [0.29, 0.717) is 30.3 Å². The topological polar surface area (TPSA) is 42.4 Å². The number of nitrogens with zero attached hydrogens (tertiary/aromatic N) is 2. The molecule has 0 radical (unpaired) electrons. The van der Waals surface area contributed by atoms with Gasteiger partial charge in [0.25, 0.3) is 5.91 Å². The molecule has 1 amide bonds. The summed E-state index contributed by atoms with van der Waals surface area (Å²) >= 11 is 11.7. The minimum Gasteiger partial charge on any atom is -0.375 e. The molecule has 0 unspecified atom stereocenters. The number of pyridine rings is 1. The molecule has 2 heterocycles. The largest absolute Gasteiger partial charge is 0.375 e. The second kappa shape index (κ2) is 5.21.